The molecule has 122 valence electrons. The average molecular weight is 340 g/mol. The number of hydrogen-bond acceptors (Lipinski definition) is 5. The maximum atomic E-state index is 12.0. The molecule has 0 radical (unpaired) electrons. The number of aryl methyl sites for hydroxylation is 1. The molecule has 0 bridgehead atoms. The van der Waals surface area contributed by atoms with Crippen LogP contribution in [0.4, 0.5) is 5.69 Å². The molecule has 24 heavy (non-hydrogen) atoms. The Hall–Kier alpha value is -2.27. The summed E-state index contributed by atoms with van der Waals surface area (Å²) in [5, 5.41) is 29.8. The van der Waals surface area contributed by atoms with E-state index in [0.717, 1.165) is 5.56 Å². The minimum Gasteiger partial charge on any atom is -0.423 e. The number of nitrogens with zero attached hydrogens (tertiary/aromatic N) is 1. The maximum absolute atomic E-state index is 12.0. The highest BCUT2D eigenvalue weighted by Crippen LogP contribution is 2.18. The van der Waals surface area contributed by atoms with E-state index in [2.05, 4.69) is 17.9 Å². The predicted molar refractivity (Wildman–Crippen MR) is 96.2 cm³/mol. The van der Waals surface area contributed by atoms with E-state index in [0.29, 0.717) is 40.9 Å². The van der Waals surface area contributed by atoms with Crippen molar-refractivity contribution in [3.8, 4) is 6.07 Å². The number of carbonyl (C=O) groups is 1. The van der Waals surface area contributed by atoms with Gasteiger partial charge in [-0.05, 0) is 42.1 Å². The van der Waals surface area contributed by atoms with Gasteiger partial charge in [0.15, 0.2) is 0 Å². The first-order valence-corrected chi connectivity index (χ1v) is 7.92. The van der Waals surface area contributed by atoms with E-state index in [4.69, 9.17) is 15.3 Å². The van der Waals surface area contributed by atoms with Gasteiger partial charge in [0.1, 0.15) is 6.07 Å². The fourth-order valence-electron chi connectivity index (χ4n) is 2.24. The number of thiol groups is 1. The van der Waals surface area contributed by atoms with Crippen LogP contribution in [0.1, 0.15) is 24.0 Å². The third-order valence-corrected chi connectivity index (χ3v) is 3.94. The van der Waals surface area contributed by atoms with Gasteiger partial charge in [0, 0.05) is 17.0 Å². The van der Waals surface area contributed by atoms with Gasteiger partial charge in [-0.1, -0.05) is 24.3 Å². The number of amides is 1. The molecule has 2 aromatic carbocycles. The molecule has 0 aromatic heterocycles. The summed E-state index contributed by atoms with van der Waals surface area (Å²) in [6.07, 6.45) is 1.74. The van der Waals surface area contributed by atoms with Gasteiger partial charge in [0.25, 0.3) is 0 Å². The molecule has 0 spiro atoms. The molecule has 0 atom stereocenters. The monoisotopic (exact) mass is 340 g/mol. The molecule has 0 unspecified atom stereocenters. The lowest BCUT2D eigenvalue weighted by Gasteiger charge is -2.07. The van der Waals surface area contributed by atoms with Crippen molar-refractivity contribution in [2.75, 3.05) is 5.32 Å². The number of anilines is 1. The Morgan fingerprint density at radius 1 is 1.21 bits per heavy atom. The Morgan fingerprint density at radius 2 is 1.92 bits per heavy atom. The van der Waals surface area contributed by atoms with Crippen LogP contribution in [0.2, 0.25) is 0 Å². The quantitative estimate of drug-likeness (QED) is 0.473. The molecule has 0 aliphatic rings. The number of hydrogen-bond donors (Lipinski definition) is 4. The van der Waals surface area contributed by atoms with Gasteiger partial charge in [0.05, 0.1) is 5.56 Å². The first-order chi connectivity index (χ1) is 11.5. The first-order valence-electron chi connectivity index (χ1n) is 7.47. The second-order valence-electron chi connectivity index (χ2n) is 5.36. The van der Waals surface area contributed by atoms with Crippen molar-refractivity contribution in [2.24, 2.45) is 0 Å². The molecule has 0 saturated carbocycles. The van der Waals surface area contributed by atoms with Crippen LogP contribution in [0.15, 0.2) is 47.4 Å². The van der Waals surface area contributed by atoms with Crippen molar-refractivity contribution in [3.05, 3.63) is 53.6 Å². The molecule has 7 heteroatoms. The second-order valence-corrected chi connectivity index (χ2v) is 5.84. The molecule has 0 saturated heterocycles. The summed E-state index contributed by atoms with van der Waals surface area (Å²) in [6.45, 7) is 0. The van der Waals surface area contributed by atoms with Crippen LogP contribution >= 0.6 is 12.6 Å². The van der Waals surface area contributed by atoms with E-state index in [1.807, 2.05) is 18.2 Å². The van der Waals surface area contributed by atoms with Crippen molar-refractivity contribution in [1.82, 2.24) is 0 Å². The summed E-state index contributed by atoms with van der Waals surface area (Å²) in [4.78, 5) is 12.5. The van der Waals surface area contributed by atoms with Crippen molar-refractivity contribution in [2.45, 2.75) is 24.2 Å². The number of carbonyl (C=O) groups excluding carboxylic acids is 1. The highest BCUT2D eigenvalue weighted by molar-refractivity contribution is 7.80. The van der Waals surface area contributed by atoms with Crippen LogP contribution in [0.5, 0.6) is 0 Å². The molecule has 2 aromatic rings. The van der Waals surface area contributed by atoms with E-state index in [1.54, 1.807) is 30.3 Å². The standard InChI is InChI=1S/C17H17BN2O3S/c19-11-13-10-15(8-9-16(13)24)20-17(21)3-1-2-12-4-6-14(7-5-12)18(22)23/h4-10,22-24H,1-3H2,(H,20,21). The molecule has 0 aliphatic heterocycles. The average Bonchev–Trinajstić information content (AvgIpc) is 2.57. The van der Waals surface area contributed by atoms with Crippen molar-refractivity contribution in [3.63, 3.8) is 0 Å². The minimum absolute atomic E-state index is 0.117. The summed E-state index contributed by atoms with van der Waals surface area (Å²) < 4.78 is 0. The highest BCUT2D eigenvalue weighted by Gasteiger charge is 2.10. The van der Waals surface area contributed by atoms with Crippen LogP contribution in [0, 0.1) is 11.3 Å². The maximum Gasteiger partial charge on any atom is 0.488 e. The van der Waals surface area contributed by atoms with Gasteiger partial charge in [0.2, 0.25) is 5.91 Å². The molecule has 0 heterocycles. The van der Waals surface area contributed by atoms with Gasteiger partial charge >= 0.3 is 7.12 Å². The number of benzene rings is 2. The van der Waals surface area contributed by atoms with Gasteiger partial charge in [-0.15, -0.1) is 12.6 Å². The van der Waals surface area contributed by atoms with Crippen LogP contribution in [0.3, 0.4) is 0 Å². The van der Waals surface area contributed by atoms with Gasteiger partial charge in [-0.2, -0.15) is 5.26 Å². The first kappa shape index (κ1) is 18.1. The van der Waals surface area contributed by atoms with Crippen LogP contribution in [-0.2, 0) is 11.2 Å². The van der Waals surface area contributed by atoms with Gasteiger partial charge < -0.3 is 15.4 Å². The topological polar surface area (TPSA) is 93.4 Å². The summed E-state index contributed by atoms with van der Waals surface area (Å²) in [5.41, 5.74) is 2.47. The fraction of sp³-hybridized carbons (Fsp3) is 0.176. The lowest BCUT2D eigenvalue weighted by molar-refractivity contribution is -0.116. The van der Waals surface area contributed by atoms with Crippen LogP contribution in [0.25, 0.3) is 0 Å². The van der Waals surface area contributed by atoms with E-state index < -0.39 is 7.12 Å². The number of rotatable bonds is 6. The molecular formula is C17H17BN2O3S. The fourth-order valence-corrected chi connectivity index (χ4v) is 2.43. The summed E-state index contributed by atoms with van der Waals surface area (Å²) in [6, 6.07) is 13.9. The van der Waals surface area contributed by atoms with Crippen molar-refractivity contribution in [1.29, 1.82) is 5.26 Å². The van der Waals surface area contributed by atoms with E-state index in [-0.39, 0.29) is 5.91 Å². The highest BCUT2D eigenvalue weighted by atomic mass is 32.1. The summed E-state index contributed by atoms with van der Waals surface area (Å²) in [7, 11) is -1.47. The summed E-state index contributed by atoms with van der Waals surface area (Å²) >= 11 is 4.17. The Morgan fingerprint density at radius 3 is 2.54 bits per heavy atom. The normalized spacial score (nSPS) is 10.1. The van der Waals surface area contributed by atoms with Crippen LogP contribution in [-0.4, -0.2) is 23.1 Å². The summed E-state index contributed by atoms with van der Waals surface area (Å²) in [5.74, 6) is -0.117. The van der Waals surface area contributed by atoms with Crippen molar-refractivity contribution >= 4 is 36.8 Å². The van der Waals surface area contributed by atoms with E-state index in [9.17, 15) is 4.79 Å². The molecule has 0 aliphatic carbocycles. The zero-order chi connectivity index (χ0) is 17.5. The second kappa shape index (κ2) is 8.55. The zero-order valence-corrected chi connectivity index (χ0v) is 13.8. The van der Waals surface area contributed by atoms with Gasteiger partial charge in [-0.3, -0.25) is 4.79 Å². The molecular weight excluding hydrogens is 323 g/mol. The lowest BCUT2D eigenvalue weighted by atomic mass is 9.80. The predicted octanol–water partition coefficient (Wildman–Crippen LogP) is 1.49. The minimum atomic E-state index is -1.47. The number of nitrogens with one attached hydrogen (secondary N) is 1. The SMILES string of the molecule is N#Cc1cc(NC(=O)CCCc2ccc(B(O)O)cc2)ccc1S. The molecule has 2 rings (SSSR count). The third-order valence-electron chi connectivity index (χ3n) is 3.55. The van der Waals surface area contributed by atoms with E-state index >= 15 is 0 Å². The molecule has 1 amide bonds. The Kier molecular flexibility index (Phi) is 6.44. The van der Waals surface area contributed by atoms with Crippen LogP contribution < -0.4 is 10.8 Å². The smallest absolute Gasteiger partial charge is 0.423 e. The molecule has 3 N–H and O–H groups in total. The van der Waals surface area contributed by atoms with Crippen molar-refractivity contribution < 1.29 is 14.8 Å². The third kappa shape index (κ3) is 5.13. The van der Waals surface area contributed by atoms with Gasteiger partial charge in [-0.25, -0.2) is 0 Å². The Bertz CT molecular complexity index is 757. The largest absolute Gasteiger partial charge is 0.488 e. The Balaban J connectivity index is 1.82. The zero-order valence-electron chi connectivity index (χ0n) is 12.9. The molecule has 5 nitrogen and oxygen atoms in total. The lowest BCUT2D eigenvalue weighted by Crippen LogP contribution is -2.29. The Labute approximate surface area is 146 Å². The molecule has 0 fully saturated rings. The van der Waals surface area contributed by atoms with E-state index in [1.165, 1.54) is 0 Å². The number of nitriles is 1.